The Morgan fingerprint density at radius 2 is 2.00 bits per heavy atom. The minimum atomic E-state index is -0.240. The highest BCUT2D eigenvalue weighted by molar-refractivity contribution is 6.31. The molecule has 1 aliphatic carbocycles. The predicted octanol–water partition coefficient (Wildman–Crippen LogP) is 4.82. The summed E-state index contributed by atoms with van der Waals surface area (Å²) < 4.78 is 13.6. The molecule has 0 aliphatic heterocycles. The molecule has 88 valence electrons. The summed E-state index contributed by atoms with van der Waals surface area (Å²) in [6.07, 6.45) is 5.37. The lowest BCUT2D eigenvalue weighted by atomic mass is 9.97. The molecule has 16 heavy (non-hydrogen) atoms. The topological polar surface area (TPSA) is 0 Å². The maximum Gasteiger partial charge on any atom is 0.127 e. The van der Waals surface area contributed by atoms with Crippen LogP contribution in [0.5, 0.6) is 0 Å². The third-order valence-corrected chi connectivity index (χ3v) is 4.24. The average Bonchev–Trinajstić information content (AvgIpc) is 2.76. The van der Waals surface area contributed by atoms with Crippen molar-refractivity contribution in [3.63, 3.8) is 0 Å². The van der Waals surface area contributed by atoms with Gasteiger partial charge in [0, 0.05) is 16.0 Å². The van der Waals surface area contributed by atoms with E-state index < -0.39 is 0 Å². The van der Waals surface area contributed by atoms with Gasteiger partial charge in [-0.25, -0.2) is 4.39 Å². The summed E-state index contributed by atoms with van der Waals surface area (Å²) in [5.74, 6) is 0.286. The lowest BCUT2D eigenvalue weighted by molar-refractivity contribution is 0.503. The normalized spacial score (nSPS) is 18.9. The Morgan fingerprint density at radius 1 is 1.31 bits per heavy atom. The first-order valence-electron chi connectivity index (χ1n) is 5.75. The Hall–Kier alpha value is -0.270. The number of rotatable bonds is 3. The minimum absolute atomic E-state index is 0.0110. The van der Waals surface area contributed by atoms with E-state index in [-0.39, 0.29) is 11.2 Å². The third-order valence-electron chi connectivity index (χ3n) is 3.37. The molecule has 1 unspecified atom stereocenters. The van der Waals surface area contributed by atoms with Crippen molar-refractivity contribution in [2.75, 3.05) is 0 Å². The molecule has 0 aromatic heterocycles. The van der Waals surface area contributed by atoms with Gasteiger partial charge in [-0.3, -0.25) is 0 Å². The van der Waals surface area contributed by atoms with Crippen molar-refractivity contribution in [3.05, 3.63) is 34.6 Å². The average molecular weight is 261 g/mol. The van der Waals surface area contributed by atoms with Crippen LogP contribution in [-0.2, 0) is 6.42 Å². The van der Waals surface area contributed by atoms with Gasteiger partial charge in [0.05, 0.1) is 0 Å². The summed E-state index contributed by atoms with van der Waals surface area (Å²) >= 11 is 12.3. The van der Waals surface area contributed by atoms with E-state index in [0.29, 0.717) is 22.9 Å². The summed E-state index contributed by atoms with van der Waals surface area (Å²) in [5.41, 5.74) is 0.566. The van der Waals surface area contributed by atoms with Crippen LogP contribution < -0.4 is 0 Å². The van der Waals surface area contributed by atoms with E-state index in [1.54, 1.807) is 12.1 Å². The van der Waals surface area contributed by atoms with Crippen molar-refractivity contribution in [1.29, 1.82) is 0 Å². The van der Waals surface area contributed by atoms with Gasteiger partial charge in [0.15, 0.2) is 0 Å². The quantitative estimate of drug-likeness (QED) is 0.684. The van der Waals surface area contributed by atoms with Crippen molar-refractivity contribution < 1.29 is 4.39 Å². The first-order chi connectivity index (χ1) is 7.68. The second-order valence-corrected chi connectivity index (χ2v) is 5.43. The standard InChI is InChI=1S/C13H15Cl2F/c14-11-6-3-7-13(16)10(11)8-12(15)9-4-1-2-5-9/h3,6-7,9,12H,1-2,4-5,8H2. The fourth-order valence-electron chi connectivity index (χ4n) is 2.41. The van der Waals surface area contributed by atoms with Gasteiger partial charge in [-0.05, 0) is 37.3 Å². The fraction of sp³-hybridized carbons (Fsp3) is 0.538. The van der Waals surface area contributed by atoms with Gasteiger partial charge >= 0.3 is 0 Å². The second-order valence-electron chi connectivity index (χ2n) is 4.46. The smallest absolute Gasteiger partial charge is 0.127 e. The van der Waals surface area contributed by atoms with Crippen molar-refractivity contribution in [3.8, 4) is 0 Å². The first kappa shape index (κ1) is 12.2. The zero-order chi connectivity index (χ0) is 11.5. The van der Waals surface area contributed by atoms with Crippen molar-refractivity contribution in [2.45, 2.75) is 37.5 Å². The maximum absolute atomic E-state index is 13.6. The van der Waals surface area contributed by atoms with Gasteiger partial charge in [-0.15, -0.1) is 11.6 Å². The van der Waals surface area contributed by atoms with Gasteiger partial charge in [0.1, 0.15) is 5.82 Å². The lowest BCUT2D eigenvalue weighted by Gasteiger charge is -2.17. The molecular weight excluding hydrogens is 246 g/mol. The molecular formula is C13H15Cl2F. The number of alkyl halides is 1. The van der Waals surface area contributed by atoms with Crippen LogP contribution in [0.25, 0.3) is 0 Å². The molecule has 1 aliphatic rings. The molecule has 1 saturated carbocycles. The highest BCUT2D eigenvalue weighted by Gasteiger charge is 2.24. The monoisotopic (exact) mass is 260 g/mol. The SMILES string of the molecule is Fc1cccc(Cl)c1CC(Cl)C1CCCC1. The van der Waals surface area contributed by atoms with Gasteiger partial charge in [0.25, 0.3) is 0 Å². The Balaban J connectivity index is 2.07. The number of hydrogen-bond donors (Lipinski definition) is 0. The molecule has 1 aromatic carbocycles. The molecule has 3 heteroatoms. The highest BCUT2D eigenvalue weighted by atomic mass is 35.5. The largest absolute Gasteiger partial charge is 0.207 e. The highest BCUT2D eigenvalue weighted by Crippen LogP contribution is 2.33. The van der Waals surface area contributed by atoms with E-state index >= 15 is 0 Å². The van der Waals surface area contributed by atoms with Gasteiger partial charge in [-0.1, -0.05) is 30.5 Å². The summed E-state index contributed by atoms with van der Waals surface area (Å²) in [4.78, 5) is 0. The van der Waals surface area contributed by atoms with E-state index in [0.717, 1.165) is 0 Å². The zero-order valence-electron chi connectivity index (χ0n) is 9.06. The van der Waals surface area contributed by atoms with Crippen molar-refractivity contribution >= 4 is 23.2 Å². The Labute approximate surface area is 106 Å². The van der Waals surface area contributed by atoms with Gasteiger partial charge < -0.3 is 0 Å². The molecule has 0 saturated heterocycles. The molecule has 0 amide bonds. The van der Waals surface area contributed by atoms with E-state index in [1.165, 1.54) is 31.7 Å². The minimum Gasteiger partial charge on any atom is -0.207 e. The molecule has 1 aromatic rings. The Bertz CT molecular complexity index is 339. The van der Waals surface area contributed by atoms with Gasteiger partial charge in [0.2, 0.25) is 0 Å². The summed E-state index contributed by atoms with van der Waals surface area (Å²) in [5, 5.41) is 0.501. The zero-order valence-corrected chi connectivity index (χ0v) is 10.6. The van der Waals surface area contributed by atoms with Crippen LogP contribution in [0.1, 0.15) is 31.2 Å². The molecule has 1 atom stereocenters. The molecule has 0 nitrogen and oxygen atoms in total. The lowest BCUT2D eigenvalue weighted by Crippen LogP contribution is -2.15. The third kappa shape index (κ3) is 2.70. The van der Waals surface area contributed by atoms with Crippen LogP contribution in [0, 0.1) is 11.7 Å². The van der Waals surface area contributed by atoms with Crippen LogP contribution in [0.2, 0.25) is 5.02 Å². The molecule has 2 rings (SSSR count). The molecule has 0 heterocycles. The van der Waals surface area contributed by atoms with E-state index in [2.05, 4.69) is 0 Å². The number of hydrogen-bond acceptors (Lipinski definition) is 0. The number of benzene rings is 1. The molecule has 0 radical (unpaired) electrons. The molecule has 1 fully saturated rings. The Kier molecular flexibility index (Phi) is 4.10. The molecule has 0 bridgehead atoms. The summed E-state index contributed by atoms with van der Waals surface area (Å²) in [7, 11) is 0. The molecule has 0 N–H and O–H groups in total. The van der Waals surface area contributed by atoms with Crippen LogP contribution >= 0.6 is 23.2 Å². The van der Waals surface area contributed by atoms with Gasteiger partial charge in [-0.2, -0.15) is 0 Å². The first-order valence-corrected chi connectivity index (χ1v) is 6.57. The van der Waals surface area contributed by atoms with Crippen molar-refractivity contribution in [1.82, 2.24) is 0 Å². The van der Waals surface area contributed by atoms with E-state index in [4.69, 9.17) is 23.2 Å². The molecule has 0 spiro atoms. The fourth-order valence-corrected chi connectivity index (χ4v) is 3.05. The Morgan fingerprint density at radius 3 is 2.62 bits per heavy atom. The number of halogens is 3. The second kappa shape index (κ2) is 5.37. The van der Waals surface area contributed by atoms with Crippen LogP contribution in [-0.4, -0.2) is 5.38 Å². The van der Waals surface area contributed by atoms with Crippen LogP contribution in [0.15, 0.2) is 18.2 Å². The summed E-state index contributed by atoms with van der Waals surface area (Å²) in [6.45, 7) is 0. The summed E-state index contributed by atoms with van der Waals surface area (Å²) in [6, 6.07) is 4.79. The maximum atomic E-state index is 13.6. The van der Waals surface area contributed by atoms with E-state index in [9.17, 15) is 4.39 Å². The predicted molar refractivity (Wildman–Crippen MR) is 66.7 cm³/mol. The van der Waals surface area contributed by atoms with Crippen LogP contribution in [0.4, 0.5) is 4.39 Å². The van der Waals surface area contributed by atoms with E-state index in [1.807, 2.05) is 0 Å². The van der Waals surface area contributed by atoms with Crippen LogP contribution in [0.3, 0.4) is 0 Å². The van der Waals surface area contributed by atoms with Crippen molar-refractivity contribution in [2.24, 2.45) is 5.92 Å².